The van der Waals surface area contributed by atoms with Crippen LogP contribution < -0.4 is 15.0 Å². The highest BCUT2D eigenvalue weighted by atomic mass is 16.5. The summed E-state index contributed by atoms with van der Waals surface area (Å²) >= 11 is 0. The number of piperidine rings is 1. The lowest BCUT2D eigenvalue weighted by Gasteiger charge is -2.39. The van der Waals surface area contributed by atoms with Crippen LogP contribution in [0.1, 0.15) is 26.7 Å². The van der Waals surface area contributed by atoms with Crippen molar-refractivity contribution in [3.8, 4) is 5.88 Å². The van der Waals surface area contributed by atoms with Crippen LogP contribution in [-0.2, 0) is 0 Å². The molecule has 0 aliphatic carbocycles. The zero-order valence-electron chi connectivity index (χ0n) is 11.4. The summed E-state index contributed by atoms with van der Waals surface area (Å²) in [7, 11) is 2.04. The van der Waals surface area contributed by atoms with E-state index in [-0.39, 0.29) is 5.54 Å². The Bertz CT molecular complexity index is 388. The van der Waals surface area contributed by atoms with E-state index in [0.29, 0.717) is 12.5 Å². The molecule has 2 rings (SSSR count). The second-order valence-corrected chi connectivity index (χ2v) is 4.95. The van der Waals surface area contributed by atoms with E-state index in [9.17, 15) is 0 Å². The predicted octanol–water partition coefficient (Wildman–Crippen LogP) is 1.45. The minimum absolute atomic E-state index is 0.256. The van der Waals surface area contributed by atoms with Gasteiger partial charge in [-0.05, 0) is 33.7 Å². The topological polar surface area (TPSA) is 50.3 Å². The fourth-order valence-electron chi connectivity index (χ4n) is 2.21. The van der Waals surface area contributed by atoms with Gasteiger partial charge in [0, 0.05) is 24.7 Å². The lowest BCUT2D eigenvalue weighted by atomic mass is 9.90. The average Bonchev–Trinajstić information content (AvgIpc) is 2.40. The summed E-state index contributed by atoms with van der Waals surface area (Å²) in [5, 5.41) is 3.40. The van der Waals surface area contributed by atoms with Gasteiger partial charge in [-0.25, -0.2) is 9.97 Å². The number of ether oxygens (including phenoxy) is 1. The highest BCUT2D eigenvalue weighted by Crippen LogP contribution is 2.25. The summed E-state index contributed by atoms with van der Waals surface area (Å²) in [6.07, 6.45) is 3.82. The molecule has 100 valence electrons. The maximum atomic E-state index is 5.41. The van der Waals surface area contributed by atoms with Crippen molar-refractivity contribution in [3.63, 3.8) is 0 Å². The van der Waals surface area contributed by atoms with Crippen molar-refractivity contribution < 1.29 is 4.74 Å². The Hall–Kier alpha value is -1.36. The molecule has 0 saturated carbocycles. The van der Waals surface area contributed by atoms with Crippen LogP contribution >= 0.6 is 0 Å². The fraction of sp³-hybridized carbons (Fsp3) is 0.692. The van der Waals surface area contributed by atoms with Gasteiger partial charge in [-0.1, -0.05) is 0 Å². The molecule has 5 nitrogen and oxygen atoms in total. The van der Waals surface area contributed by atoms with E-state index in [0.717, 1.165) is 31.7 Å². The highest BCUT2D eigenvalue weighted by Gasteiger charge is 2.28. The summed E-state index contributed by atoms with van der Waals surface area (Å²) in [6, 6.07) is 1.92. The van der Waals surface area contributed by atoms with Gasteiger partial charge in [0.05, 0.1) is 6.61 Å². The van der Waals surface area contributed by atoms with Gasteiger partial charge in [0.2, 0.25) is 5.88 Å². The predicted molar refractivity (Wildman–Crippen MR) is 72.1 cm³/mol. The van der Waals surface area contributed by atoms with E-state index in [1.54, 1.807) is 6.33 Å². The van der Waals surface area contributed by atoms with E-state index in [2.05, 4.69) is 27.1 Å². The molecule has 0 atom stereocenters. The Labute approximate surface area is 109 Å². The average molecular weight is 250 g/mol. The van der Waals surface area contributed by atoms with Gasteiger partial charge in [-0.2, -0.15) is 0 Å². The third-order valence-corrected chi connectivity index (χ3v) is 3.71. The molecule has 0 amide bonds. The zero-order chi connectivity index (χ0) is 13.0. The molecule has 1 saturated heterocycles. The van der Waals surface area contributed by atoms with E-state index in [1.807, 2.05) is 20.0 Å². The van der Waals surface area contributed by atoms with Crippen LogP contribution in [0.4, 0.5) is 5.82 Å². The lowest BCUT2D eigenvalue weighted by molar-refractivity contribution is 0.303. The van der Waals surface area contributed by atoms with Gasteiger partial charge in [-0.15, -0.1) is 0 Å². The van der Waals surface area contributed by atoms with Crippen LogP contribution in [0.15, 0.2) is 12.4 Å². The summed E-state index contributed by atoms with van der Waals surface area (Å²) in [5.41, 5.74) is 0.256. The third kappa shape index (κ3) is 2.90. The first-order valence-electron chi connectivity index (χ1n) is 6.55. The molecule has 0 spiro atoms. The van der Waals surface area contributed by atoms with E-state index >= 15 is 0 Å². The van der Waals surface area contributed by atoms with Gasteiger partial charge in [0.1, 0.15) is 12.1 Å². The molecule has 1 aliphatic heterocycles. The Morgan fingerprint density at radius 1 is 1.39 bits per heavy atom. The Balaban J connectivity index is 2.03. The molecule has 18 heavy (non-hydrogen) atoms. The number of aromatic nitrogens is 2. The molecule has 0 aromatic carbocycles. The number of anilines is 1. The fourth-order valence-corrected chi connectivity index (χ4v) is 2.21. The number of hydrogen-bond acceptors (Lipinski definition) is 5. The maximum absolute atomic E-state index is 5.41. The number of nitrogens with one attached hydrogen (secondary N) is 1. The molecule has 0 unspecified atom stereocenters. The maximum Gasteiger partial charge on any atom is 0.218 e. The smallest absolute Gasteiger partial charge is 0.218 e. The first kappa shape index (κ1) is 13.1. The molecular formula is C13H22N4O. The van der Waals surface area contributed by atoms with E-state index in [4.69, 9.17) is 4.74 Å². The molecule has 1 fully saturated rings. The van der Waals surface area contributed by atoms with Crippen LogP contribution in [0.25, 0.3) is 0 Å². The summed E-state index contributed by atoms with van der Waals surface area (Å²) < 4.78 is 5.41. The van der Waals surface area contributed by atoms with Gasteiger partial charge < -0.3 is 15.0 Å². The normalized spacial score (nSPS) is 18.7. The molecular weight excluding hydrogens is 228 g/mol. The molecule has 0 bridgehead atoms. The molecule has 1 aliphatic rings. The van der Waals surface area contributed by atoms with Crippen molar-refractivity contribution >= 4 is 5.82 Å². The van der Waals surface area contributed by atoms with E-state index in [1.165, 1.54) is 0 Å². The van der Waals surface area contributed by atoms with Crippen molar-refractivity contribution in [3.05, 3.63) is 12.4 Å². The Morgan fingerprint density at radius 3 is 2.72 bits per heavy atom. The quantitative estimate of drug-likeness (QED) is 0.876. The summed E-state index contributed by atoms with van der Waals surface area (Å²) in [4.78, 5) is 10.7. The van der Waals surface area contributed by atoms with Gasteiger partial charge in [-0.3, -0.25) is 0 Å². The van der Waals surface area contributed by atoms with E-state index < -0.39 is 0 Å². The van der Waals surface area contributed by atoms with Crippen LogP contribution in [0.2, 0.25) is 0 Å². The number of nitrogens with zero attached hydrogens (tertiary/aromatic N) is 3. The Morgan fingerprint density at radius 2 is 2.11 bits per heavy atom. The standard InChI is InChI=1S/C13H22N4O/c1-4-18-12-9-11(15-10-16-12)17-7-5-13(2,14-3)6-8-17/h9-10,14H,4-8H2,1-3H3. The van der Waals surface area contributed by atoms with Crippen LogP contribution in [-0.4, -0.2) is 42.3 Å². The molecule has 1 aromatic heterocycles. The molecule has 2 heterocycles. The minimum Gasteiger partial charge on any atom is -0.478 e. The highest BCUT2D eigenvalue weighted by molar-refractivity contribution is 5.41. The third-order valence-electron chi connectivity index (χ3n) is 3.71. The lowest BCUT2D eigenvalue weighted by Crippen LogP contribution is -2.50. The monoisotopic (exact) mass is 250 g/mol. The van der Waals surface area contributed by atoms with Crippen LogP contribution in [0.3, 0.4) is 0 Å². The number of rotatable bonds is 4. The van der Waals surface area contributed by atoms with Crippen molar-refractivity contribution in [2.75, 3.05) is 31.6 Å². The van der Waals surface area contributed by atoms with Gasteiger partial charge >= 0.3 is 0 Å². The van der Waals surface area contributed by atoms with Gasteiger partial charge in [0.25, 0.3) is 0 Å². The largest absolute Gasteiger partial charge is 0.478 e. The molecule has 1 N–H and O–H groups in total. The summed E-state index contributed by atoms with van der Waals surface area (Å²) in [6.45, 7) is 6.89. The first-order valence-corrected chi connectivity index (χ1v) is 6.55. The van der Waals surface area contributed by atoms with Crippen molar-refractivity contribution in [2.45, 2.75) is 32.2 Å². The molecule has 0 radical (unpaired) electrons. The second-order valence-electron chi connectivity index (χ2n) is 4.95. The first-order chi connectivity index (χ1) is 8.67. The van der Waals surface area contributed by atoms with Gasteiger partial charge in [0.15, 0.2) is 0 Å². The van der Waals surface area contributed by atoms with Crippen LogP contribution in [0, 0.1) is 0 Å². The van der Waals surface area contributed by atoms with Crippen molar-refractivity contribution in [2.24, 2.45) is 0 Å². The molecule has 1 aromatic rings. The SMILES string of the molecule is CCOc1cc(N2CCC(C)(NC)CC2)ncn1. The summed E-state index contributed by atoms with van der Waals surface area (Å²) in [5.74, 6) is 1.62. The van der Waals surface area contributed by atoms with Crippen molar-refractivity contribution in [1.29, 1.82) is 0 Å². The zero-order valence-corrected chi connectivity index (χ0v) is 11.4. The Kier molecular flexibility index (Phi) is 4.01. The van der Waals surface area contributed by atoms with Crippen LogP contribution in [0.5, 0.6) is 5.88 Å². The number of hydrogen-bond donors (Lipinski definition) is 1. The minimum atomic E-state index is 0.256. The van der Waals surface area contributed by atoms with Crippen molar-refractivity contribution in [1.82, 2.24) is 15.3 Å². The molecule has 5 heteroatoms. The second kappa shape index (κ2) is 5.52.